The topological polar surface area (TPSA) is 86.8 Å². The highest BCUT2D eigenvalue weighted by atomic mass is 79.9. The molecule has 0 aromatic heterocycles. The number of halogens is 1. The van der Waals surface area contributed by atoms with Crippen molar-refractivity contribution in [1.82, 2.24) is 15.1 Å². The van der Waals surface area contributed by atoms with Gasteiger partial charge < -0.3 is 10.2 Å². The van der Waals surface area contributed by atoms with Gasteiger partial charge in [0.2, 0.25) is 11.8 Å². The van der Waals surface area contributed by atoms with Crippen molar-refractivity contribution in [2.45, 2.75) is 58.7 Å². The summed E-state index contributed by atoms with van der Waals surface area (Å²) in [7, 11) is 0. The van der Waals surface area contributed by atoms with E-state index in [1.54, 1.807) is 36.1 Å². The van der Waals surface area contributed by atoms with E-state index in [9.17, 15) is 19.2 Å². The van der Waals surface area contributed by atoms with Crippen molar-refractivity contribution in [1.29, 1.82) is 0 Å². The Bertz CT molecular complexity index is 1070. The Labute approximate surface area is 208 Å². The van der Waals surface area contributed by atoms with Crippen molar-refractivity contribution in [2.24, 2.45) is 0 Å². The molecule has 180 valence electrons. The van der Waals surface area contributed by atoms with Crippen molar-refractivity contribution in [3.05, 3.63) is 69.7 Å². The van der Waals surface area contributed by atoms with Crippen LogP contribution in [0.2, 0.25) is 0 Å². The second-order valence-electron chi connectivity index (χ2n) is 9.48. The number of carbonyl (C=O) groups excluding carboxylic acids is 4. The van der Waals surface area contributed by atoms with Crippen LogP contribution in [0.4, 0.5) is 0 Å². The minimum atomic E-state index is -0.690. The molecule has 1 heterocycles. The predicted molar refractivity (Wildman–Crippen MR) is 133 cm³/mol. The van der Waals surface area contributed by atoms with E-state index in [0.29, 0.717) is 17.5 Å². The molecule has 2 aromatic rings. The van der Waals surface area contributed by atoms with Gasteiger partial charge in [0, 0.05) is 29.5 Å². The lowest BCUT2D eigenvalue weighted by Gasteiger charge is -2.31. The van der Waals surface area contributed by atoms with Gasteiger partial charge in [0.15, 0.2) is 0 Å². The Kier molecular flexibility index (Phi) is 7.92. The highest BCUT2D eigenvalue weighted by Gasteiger charge is 2.35. The average molecular weight is 528 g/mol. The largest absolute Gasteiger partial charge is 0.350 e. The van der Waals surface area contributed by atoms with Gasteiger partial charge in [-0.2, -0.15) is 0 Å². The van der Waals surface area contributed by atoms with Crippen LogP contribution in [0, 0.1) is 0 Å². The van der Waals surface area contributed by atoms with E-state index in [1.165, 1.54) is 4.90 Å². The number of amides is 4. The molecule has 8 heteroatoms. The standard InChI is InChI=1S/C26H30BrN3O4/c1-17(23(32)28-26(2,3)4)30(16-18-9-7-10-19(27)15-18)22(31)13-8-14-29-24(33)20-11-5-6-12-21(20)25(29)34/h5-7,9-12,15,17H,8,13-14,16H2,1-4H3,(H,28,32)/t17-/m0/s1. The zero-order valence-corrected chi connectivity index (χ0v) is 21.5. The minimum Gasteiger partial charge on any atom is -0.350 e. The van der Waals surface area contributed by atoms with Crippen LogP contribution in [0.25, 0.3) is 0 Å². The van der Waals surface area contributed by atoms with Crippen LogP contribution in [0.1, 0.15) is 66.8 Å². The highest BCUT2D eigenvalue weighted by Crippen LogP contribution is 2.23. The molecule has 2 aromatic carbocycles. The Balaban J connectivity index is 1.69. The van der Waals surface area contributed by atoms with Crippen molar-refractivity contribution in [3.8, 4) is 0 Å². The number of rotatable bonds is 8. The van der Waals surface area contributed by atoms with E-state index in [0.717, 1.165) is 10.0 Å². The van der Waals surface area contributed by atoms with Crippen LogP contribution >= 0.6 is 15.9 Å². The molecule has 0 bridgehead atoms. The number of imide groups is 1. The van der Waals surface area contributed by atoms with Crippen molar-refractivity contribution in [2.75, 3.05) is 6.54 Å². The molecule has 0 unspecified atom stereocenters. The van der Waals surface area contributed by atoms with E-state index in [4.69, 9.17) is 0 Å². The molecule has 7 nitrogen and oxygen atoms in total. The summed E-state index contributed by atoms with van der Waals surface area (Å²) in [6, 6.07) is 13.6. The summed E-state index contributed by atoms with van der Waals surface area (Å²) in [5, 5.41) is 2.93. The second kappa shape index (κ2) is 10.5. The number of nitrogens with one attached hydrogen (secondary N) is 1. The molecule has 1 N–H and O–H groups in total. The normalized spacial score (nSPS) is 14.1. The number of hydrogen-bond donors (Lipinski definition) is 1. The number of benzene rings is 2. The van der Waals surface area contributed by atoms with Gasteiger partial charge in [-0.15, -0.1) is 0 Å². The molecular weight excluding hydrogens is 498 g/mol. The highest BCUT2D eigenvalue weighted by molar-refractivity contribution is 9.10. The maximum atomic E-state index is 13.2. The number of nitrogens with zero attached hydrogens (tertiary/aromatic N) is 2. The zero-order valence-electron chi connectivity index (χ0n) is 19.9. The first kappa shape index (κ1) is 25.6. The first-order valence-corrected chi connectivity index (χ1v) is 12.1. The Morgan fingerprint density at radius 3 is 2.21 bits per heavy atom. The van der Waals surface area contributed by atoms with Gasteiger partial charge in [0.1, 0.15) is 6.04 Å². The van der Waals surface area contributed by atoms with Crippen LogP contribution < -0.4 is 5.32 Å². The Morgan fingerprint density at radius 1 is 1.03 bits per heavy atom. The minimum absolute atomic E-state index is 0.106. The van der Waals surface area contributed by atoms with E-state index in [2.05, 4.69) is 21.2 Å². The molecule has 1 aliphatic rings. The quantitative estimate of drug-likeness (QED) is 0.522. The van der Waals surface area contributed by atoms with E-state index >= 15 is 0 Å². The molecule has 0 aliphatic carbocycles. The van der Waals surface area contributed by atoms with Crippen molar-refractivity contribution < 1.29 is 19.2 Å². The molecule has 1 atom stereocenters. The molecule has 0 saturated heterocycles. The van der Waals surface area contributed by atoms with Crippen LogP contribution in [-0.4, -0.2) is 51.6 Å². The second-order valence-corrected chi connectivity index (χ2v) is 10.4. The summed E-state index contributed by atoms with van der Waals surface area (Å²) >= 11 is 3.45. The SMILES string of the molecule is C[C@@H](C(=O)NC(C)(C)C)N(Cc1cccc(Br)c1)C(=O)CCCN1C(=O)c2ccccc2C1=O. The average Bonchev–Trinajstić information content (AvgIpc) is 3.01. The van der Waals surface area contributed by atoms with Gasteiger partial charge in [-0.3, -0.25) is 24.1 Å². The van der Waals surface area contributed by atoms with Gasteiger partial charge >= 0.3 is 0 Å². The third-order valence-corrected chi connectivity index (χ3v) is 6.05. The third kappa shape index (κ3) is 6.11. The lowest BCUT2D eigenvalue weighted by molar-refractivity contribution is -0.141. The summed E-state index contributed by atoms with van der Waals surface area (Å²) in [4.78, 5) is 54.0. The van der Waals surface area contributed by atoms with Crippen LogP contribution in [-0.2, 0) is 16.1 Å². The Morgan fingerprint density at radius 2 is 1.65 bits per heavy atom. The molecule has 4 amide bonds. The molecule has 0 saturated carbocycles. The fourth-order valence-electron chi connectivity index (χ4n) is 3.86. The van der Waals surface area contributed by atoms with Crippen LogP contribution in [0.5, 0.6) is 0 Å². The summed E-state index contributed by atoms with van der Waals surface area (Å²) < 4.78 is 0.884. The monoisotopic (exact) mass is 527 g/mol. The lowest BCUT2D eigenvalue weighted by atomic mass is 10.1. The van der Waals surface area contributed by atoms with E-state index in [-0.39, 0.29) is 43.1 Å². The summed E-state index contributed by atoms with van der Waals surface area (Å²) in [5.74, 6) is -1.13. The molecular formula is C26H30BrN3O4. The molecule has 3 rings (SSSR count). The fourth-order valence-corrected chi connectivity index (χ4v) is 4.31. The first-order chi connectivity index (χ1) is 16.0. The van der Waals surface area contributed by atoms with Crippen LogP contribution in [0.15, 0.2) is 53.0 Å². The lowest BCUT2D eigenvalue weighted by Crippen LogP contribution is -2.52. The molecule has 0 fully saturated rings. The predicted octanol–water partition coefficient (Wildman–Crippen LogP) is 4.16. The number of carbonyl (C=O) groups is 4. The molecule has 34 heavy (non-hydrogen) atoms. The summed E-state index contributed by atoms with van der Waals surface area (Å²) in [6.07, 6.45) is 0.418. The summed E-state index contributed by atoms with van der Waals surface area (Å²) in [5.41, 5.74) is 1.24. The van der Waals surface area contributed by atoms with E-state index in [1.807, 2.05) is 45.0 Å². The zero-order chi connectivity index (χ0) is 25.0. The van der Waals surface area contributed by atoms with Gasteiger partial charge in [-0.1, -0.05) is 40.2 Å². The van der Waals surface area contributed by atoms with Gasteiger partial charge in [0.25, 0.3) is 11.8 Å². The maximum absolute atomic E-state index is 13.2. The molecule has 0 radical (unpaired) electrons. The van der Waals surface area contributed by atoms with E-state index < -0.39 is 11.6 Å². The smallest absolute Gasteiger partial charge is 0.261 e. The molecule has 0 spiro atoms. The number of hydrogen-bond acceptors (Lipinski definition) is 4. The fraction of sp³-hybridized carbons (Fsp3) is 0.385. The Hall–Kier alpha value is -3.00. The van der Waals surface area contributed by atoms with Gasteiger partial charge in [0.05, 0.1) is 11.1 Å². The maximum Gasteiger partial charge on any atom is 0.261 e. The van der Waals surface area contributed by atoms with Gasteiger partial charge in [-0.05, 0) is 63.9 Å². The summed E-state index contributed by atoms with van der Waals surface area (Å²) in [6.45, 7) is 7.79. The van der Waals surface area contributed by atoms with Crippen molar-refractivity contribution in [3.63, 3.8) is 0 Å². The molecule has 1 aliphatic heterocycles. The van der Waals surface area contributed by atoms with Crippen LogP contribution in [0.3, 0.4) is 0 Å². The third-order valence-electron chi connectivity index (χ3n) is 5.56. The van der Waals surface area contributed by atoms with Gasteiger partial charge in [-0.25, -0.2) is 0 Å². The first-order valence-electron chi connectivity index (χ1n) is 11.3. The number of fused-ring (bicyclic) bond motifs is 1. The van der Waals surface area contributed by atoms with Crippen molar-refractivity contribution >= 4 is 39.6 Å².